The highest BCUT2D eigenvalue weighted by Gasteiger charge is 2.08. The van der Waals surface area contributed by atoms with Gasteiger partial charge in [-0.05, 0) is 18.6 Å². The zero-order valence-corrected chi connectivity index (χ0v) is 11.1. The van der Waals surface area contributed by atoms with Crippen molar-refractivity contribution in [1.29, 1.82) is 0 Å². The number of rotatable bonds is 5. The fourth-order valence-electron chi connectivity index (χ4n) is 1.29. The van der Waals surface area contributed by atoms with Crippen LogP contribution in [0.3, 0.4) is 0 Å². The number of non-ortho nitro benzene ring substituents is 1. The maximum atomic E-state index is 10.6. The normalized spacial score (nSPS) is 9.53. The van der Waals surface area contributed by atoms with Gasteiger partial charge in [-0.25, -0.2) is 0 Å². The highest BCUT2D eigenvalue weighted by atomic mass is 79.9. The molecule has 0 aliphatic heterocycles. The molecule has 0 fully saturated rings. The van der Waals surface area contributed by atoms with Crippen molar-refractivity contribution in [2.45, 2.75) is 19.9 Å². The standard InChI is InChI=1S/C12H13BrN2O2/c1-2-3-4-7-14-9-10-5-6-11(15(16)17)8-12(10)13/h5-6,8,14H,4,7,9H2,1H3. The lowest BCUT2D eigenvalue weighted by Gasteiger charge is -2.05. The van der Waals surface area contributed by atoms with E-state index in [2.05, 4.69) is 33.1 Å². The van der Waals surface area contributed by atoms with Gasteiger partial charge in [0, 0.05) is 36.1 Å². The third-order valence-electron chi connectivity index (χ3n) is 2.17. The van der Waals surface area contributed by atoms with Crippen LogP contribution in [0.15, 0.2) is 22.7 Å². The number of halogens is 1. The van der Waals surface area contributed by atoms with Crippen LogP contribution >= 0.6 is 15.9 Å². The zero-order chi connectivity index (χ0) is 12.7. The van der Waals surface area contributed by atoms with Crippen molar-refractivity contribution in [3.63, 3.8) is 0 Å². The number of nitrogens with zero attached hydrogens (tertiary/aromatic N) is 1. The summed E-state index contributed by atoms with van der Waals surface area (Å²) >= 11 is 3.33. The number of nitro benzene ring substituents is 1. The topological polar surface area (TPSA) is 55.2 Å². The molecular weight excluding hydrogens is 284 g/mol. The van der Waals surface area contributed by atoms with Crippen LogP contribution in [-0.2, 0) is 6.54 Å². The van der Waals surface area contributed by atoms with E-state index in [0.717, 1.165) is 23.0 Å². The molecule has 0 heterocycles. The van der Waals surface area contributed by atoms with E-state index in [1.807, 2.05) is 6.92 Å². The first-order chi connectivity index (χ1) is 8.15. The summed E-state index contributed by atoms with van der Waals surface area (Å²) in [4.78, 5) is 10.1. The largest absolute Gasteiger partial charge is 0.312 e. The van der Waals surface area contributed by atoms with E-state index in [0.29, 0.717) is 6.54 Å². The molecule has 90 valence electrons. The minimum atomic E-state index is -0.404. The Morgan fingerprint density at radius 3 is 2.88 bits per heavy atom. The van der Waals surface area contributed by atoms with E-state index in [9.17, 15) is 10.1 Å². The molecule has 1 N–H and O–H groups in total. The maximum absolute atomic E-state index is 10.6. The second-order valence-corrected chi connectivity index (χ2v) is 4.24. The highest BCUT2D eigenvalue weighted by Crippen LogP contribution is 2.22. The molecule has 1 aromatic rings. The van der Waals surface area contributed by atoms with Crippen molar-refractivity contribution >= 4 is 21.6 Å². The Morgan fingerprint density at radius 2 is 2.29 bits per heavy atom. The van der Waals surface area contributed by atoms with Crippen molar-refractivity contribution in [3.8, 4) is 11.8 Å². The molecule has 0 saturated carbocycles. The number of benzene rings is 1. The van der Waals surface area contributed by atoms with Gasteiger partial charge in [-0.3, -0.25) is 10.1 Å². The highest BCUT2D eigenvalue weighted by molar-refractivity contribution is 9.10. The van der Waals surface area contributed by atoms with Crippen molar-refractivity contribution in [1.82, 2.24) is 5.32 Å². The molecule has 17 heavy (non-hydrogen) atoms. The Balaban J connectivity index is 2.53. The summed E-state index contributed by atoms with van der Waals surface area (Å²) < 4.78 is 0.751. The van der Waals surface area contributed by atoms with Gasteiger partial charge in [-0.2, -0.15) is 0 Å². The van der Waals surface area contributed by atoms with Gasteiger partial charge in [0.05, 0.1) is 4.92 Å². The molecule has 0 spiro atoms. The van der Waals surface area contributed by atoms with E-state index in [1.54, 1.807) is 6.07 Å². The van der Waals surface area contributed by atoms with E-state index in [1.165, 1.54) is 12.1 Å². The Labute approximate surface area is 109 Å². The van der Waals surface area contributed by atoms with Crippen molar-refractivity contribution in [2.24, 2.45) is 0 Å². The molecule has 0 radical (unpaired) electrons. The lowest BCUT2D eigenvalue weighted by atomic mass is 10.2. The number of hydrogen-bond donors (Lipinski definition) is 1. The van der Waals surface area contributed by atoms with Gasteiger partial charge in [0.25, 0.3) is 5.69 Å². The molecule has 0 aliphatic carbocycles. The van der Waals surface area contributed by atoms with Gasteiger partial charge in [-0.15, -0.1) is 11.8 Å². The van der Waals surface area contributed by atoms with Crippen LogP contribution in [0.25, 0.3) is 0 Å². The molecule has 0 saturated heterocycles. The minimum Gasteiger partial charge on any atom is -0.312 e. The summed E-state index contributed by atoms with van der Waals surface area (Å²) in [7, 11) is 0. The lowest BCUT2D eigenvalue weighted by Crippen LogP contribution is -2.14. The van der Waals surface area contributed by atoms with Gasteiger partial charge in [0.15, 0.2) is 0 Å². The summed E-state index contributed by atoms with van der Waals surface area (Å²) in [5.41, 5.74) is 1.09. The van der Waals surface area contributed by atoms with Crippen LogP contribution in [0.2, 0.25) is 0 Å². The van der Waals surface area contributed by atoms with Crippen LogP contribution in [0.4, 0.5) is 5.69 Å². The summed E-state index contributed by atoms with van der Waals surface area (Å²) in [5.74, 6) is 5.78. The van der Waals surface area contributed by atoms with Gasteiger partial charge >= 0.3 is 0 Å². The second kappa shape index (κ2) is 7.05. The van der Waals surface area contributed by atoms with E-state index in [4.69, 9.17) is 0 Å². The first-order valence-corrected chi connectivity index (χ1v) is 5.97. The van der Waals surface area contributed by atoms with Crippen molar-refractivity contribution in [2.75, 3.05) is 6.54 Å². The maximum Gasteiger partial charge on any atom is 0.270 e. The zero-order valence-electron chi connectivity index (χ0n) is 9.50. The fraction of sp³-hybridized carbons (Fsp3) is 0.333. The Hall–Kier alpha value is -1.38. The van der Waals surface area contributed by atoms with Crippen LogP contribution in [0.5, 0.6) is 0 Å². The van der Waals surface area contributed by atoms with Crippen LogP contribution < -0.4 is 5.32 Å². The monoisotopic (exact) mass is 296 g/mol. The predicted octanol–water partition coefficient (Wildman–Crippen LogP) is 2.86. The first-order valence-electron chi connectivity index (χ1n) is 5.18. The van der Waals surface area contributed by atoms with Crippen LogP contribution in [-0.4, -0.2) is 11.5 Å². The summed E-state index contributed by atoms with van der Waals surface area (Å²) in [6, 6.07) is 4.77. The van der Waals surface area contributed by atoms with Gasteiger partial charge in [-0.1, -0.05) is 15.9 Å². The molecule has 5 heteroatoms. The molecule has 1 rings (SSSR count). The molecule has 4 nitrogen and oxygen atoms in total. The Bertz CT molecular complexity index is 463. The average molecular weight is 297 g/mol. The molecule has 0 atom stereocenters. The molecule has 0 aliphatic rings. The average Bonchev–Trinajstić information content (AvgIpc) is 2.30. The first kappa shape index (κ1) is 13.7. The molecule has 0 unspecified atom stereocenters. The van der Waals surface area contributed by atoms with Gasteiger partial charge in [0.2, 0.25) is 0 Å². The third kappa shape index (κ3) is 4.55. The molecule has 0 bridgehead atoms. The molecule has 0 amide bonds. The van der Waals surface area contributed by atoms with E-state index < -0.39 is 4.92 Å². The van der Waals surface area contributed by atoms with Gasteiger partial charge < -0.3 is 5.32 Å². The number of hydrogen-bond acceptors (Lipinski definition) is 3. The minimum absolute atomic E-state index is 0.0949. The quantitative estimate of drug-likeness (QED) is 0.393. The smallest absolute Gasteiger partial charge is 0.270 e. The number of nitrogens with one attached hydrogen (secondary N) is 1. The van der Waals surface area contributed by atoms with Gasteiger partial charge in [0.1, 0.15) is 0 Å². The number of nitro groups is 1. The Morgan fingerprint density at radius 1 is 1.53 bits per heavy atom. The Kier molecular flexibility index (Phi) is 5.67. The predicted molar refractivity (Wildman–Crippen MR) is 70.6 cm³/mol. The lowest BCUT2D eigenvalue weighted by molar-refractivity contribution is -0.384. The molecular formula is C12H13BrN2O2. The third-order valence-corrected chi connectivity index (χ3v) is 2.90. The second-order valence-electron chi connectivity index (χ2n) is 3.39. The van der Waals surface area contributed by atoms with E-state index >= 15 is 0 Å². The molecule has 1 aromatic carbocycles. The fourth-order valence-corrected chi connectivity index (χ4v) is 1.80. The SMILES string of the molecule is CC#CCCNCc1ccc([N+](=O)[O-])cc1Br. The molecule has 0 aromatic heterocycles. The van der Waals surface area contributed by atoms with Crippen molar-refractivity contribution < 1.29 is 4.92 Å². The van der Waals surface area contributed by atoms with Crippen LogP contribution in [0, 0.1) is 22.0 Å². The van der Waals surface area contributed by atoms with E-state index in [-0.39, 0.29) is 5.69 Å². The summed E-state index contributed by atoms with van der Waals surface area (Å²) in [5, 5.41) is 13.8. The van der Waals surface area contributed by atoms with Crippen LogP contribution in [0.1, 0.15) is 18.9 Å². The summed E-state index contributed by atoms with van der Waals surface area (Å²) in [6.45, 7) is 3.29. The summed E-state index contributed by atoms with van der Waals surface area (Å²) in [6.07, 6.45) is 0.807. The van der Waals surface area contributed by atoms with Crippen molar-refractivity contribution in [3.05, 3.63) is 38.3 Å².